The largest absolute Gasteiger partial charge is 0.385 e. The highest BCUT2D eigenvalue weighted by Gasteiger charge is 2.50. The number of hydrogen-bond acceptors (Lipinski definition) is 8. The molecule has 3 fully saturated rings. The van der Waals surface area contributed by atoms with Gasteiger partial charge in [0.15, 0.2) is 5.65 Å². The first-order chi connectivity index (χ1) is 20.0. The van der Waals surface area contributed by atoms with Crippen molar-refractivity contribution < 1.29 is 9.90 Å². The van der Waals surface area contributed by atoms with Crippen molar-refractivity contribution in [2.24, 2.45) is 0 Å². The molecule has 0 unspecified atom stereocenters. The number of amides is 1. The second-order valence-corrected chi connectivity index (χ2v) is 11.5. The summed E-state index contributed by atoms with van der Waals surface area (Å²) in [5.74, 6) is 0.548. The highest BCUT2D eigenvalue weighted by molar-refractivity contribution is 5.91. The van der Waals surface area contributed by atoms with Crippen molar-refractivity contribution in [3.05, 3.63) is 78.3 Å². The van der Waals surface area contributed by atoms with Crippen molar-refractivity contribution >= 4 is 17.4 Å². The van der Waals surface area contributed by atoms with E-state index >= 15 is 0 Å². The lowest BCUT2D eigenvalue weighted by Gasteiger charge is -2.39. The van der Waals surface area contributed by atoms with Crippen LogP contribution in [-0.4, -0.2) is 62.8 Å². The van der Waals surface area contributed by atoms with Gasteiger partial charge in [0.2, 0.25) is 5.82 Å². The first kappa shape index (κ1) is 24.2. The minimum atomic E-state index is -0.990. The molecule has 41 heavy (non-hydrogen) atoms. The molecule has 2 aliphatic heterocycles. The van der Waals surface area contributed by atoms with Crippen LogP contribution in [0.3, 0.4) is 0 Å². The minimum Gasteiger partial charge on any atom is -0.385 e. The Hall–Kier alpha value is -4.64. The Labute approximate surface area is 235 Å². The number of nitrogen functional groups attached to an aromatic ring is 1. The first-order valence-electron chi connectivity index (χ1n) is 14.1. The summed E-state index contributed by atoms with van der Waals surface area (Å²) < 4.78 is 1.64. The number of piperidine rings is 1. The SMILES string of the molecule is Nc1c(C2(O)CC2)c([C@H]2C[C@H]3CC[C@@H](C2)N3C(=O)c2nc[nH]n2)nc2c(-c3ccc(-c4ccccc4)nc3)cnn12. The average molecular weight is 548 g/mol. The molecular formula is C30H29N9O2. The standard InChI is InChI=1S/C30H29N9O2/c31-26-24(30(41)10-11-30)25(19-12-20-7-8-21(13-19)38(20)29(40)27-33-16-34-37-27)36-28-22(15-35-39(26)28)18-6-9-23(32-14-18)17-4-2-1-3-5-17/h1-6,9,14-16,19-21,41H,7-8,10-13,31H2,(H,33,34,37)/t19-,20+,21-. The number of fused-ring (bicyclic) bond motifs is 3. The number of pyridine rings is 1. The molecule has 11 heteroatoms. The summed E-state index contributed by atoms with van der Waals surface area (Å²) in [6.07, 6.45) is 9.66. The quantitative estimate of drug-likeness (QED) is 0.301. The maximum Gasteiger partial charge on any atom is 0.294 e. The summed E-state index contributed by atoms with van der Waals surface area (Å²) in [6, 6.07) is 14.2. The predicted molar refractivity (Wildman–Crippen MR) is 151 cm³/mol. The molecule has 6 heterocycles. The van der Waals surface area contributed by atoms with E-state index < -0.39 is 5.60 Å². The third kappa shape index (κ3) is 3.83. The minimum absolute atomic E-state index is 0.0527. The van der Waals surface area contributed by atoms with Gasteiger partial charge in [0.05, 0.1) is 23.2 Å². The molecule has 1 saturated carbocycles. The molecule has 5 aromatic rings. The monoisotopic (exact) mass is 547 g/mol. The van der Waals surface area contributed by atoms with Crippen LogP contribution in [0.5, 0.6) is 0 Å². The molecule has 8 rings (SSSR count). The van der Waals surface area contributed by atoms with E-state index in [1.54, 1.807) is 10.7 Å². The first-order valence-corrected chi connectivity index (χ1v) is 14.1. The second kappa shape index (κ2) is 8.93. The van der Waals surface area contributed by atoms with Gasteiger partial charge in [0.25, 0.3) is 5.91 Å². The molecule has 3 aliphatic rings. The van der Waals surface area contributed by atoms with Crippen molar-refractivity contribution in [3.8, 4) is 22.4 Å². The van der Waals surface area contributed by atoms with Crippen LogP contribution in [0.4, 0.5) is 5.82 Å². The molecule has 11 nitrogen and oxygen atoms in total. The number of aromatic amines is 1. The zero-order valence-corrected chi connectivity index (χ0v) is 22.3. The van der Waals surface area contributed by atoms with Gasteiger partial charge in [-0.05, 0) is 44.6 Å². The van der Waals surface area contributed by atoms with Crippen molar-refractivity contribution in [1.82, 2.24) is 39.7 Å². The average Bonchev–Trinajstić information content (AvgIpc) is 3.35. The van der Waals surface area contributed by atoms with Crippen molar-refractivity contribution in [3.63, 3.8) is 0 Å². The molecule has 0 radical (unpaired) electrons. The van der Waals surface area contributed by atoms with Gasteiger partial charge in [-0.15, -0.1) is 5.10 Å². The predicted octanol–water partition coefficient (Wildman–Crippen LogP) is 3.69. The van der Waals surface area contributed by atoms with Crippen LogP contribution in [0.1, 0.15) is 66.3 Å². The Kier molecular flexibility index (Phi) is 5.27. The fourth-order valence-corrected chi connectivity index (χ4v) is 6.87. The normalized spacial score (nSPS) is 22.8. The van der Waals surface area contributed by atoms with Crippen LogP contribution < -0.4 is 5.73 Å². The number of carbonyl (C=O) groups excluding carboxylic acids is 1. The molecule has 206 valence electrons. The van der Waals surface area contributed by atoms with Crippen LogP contribution in [0.2, 0.25) is 0 Å². The molecule has 1 amide bonds. The van der Waals surface area contributed by atoms with E-state index in [0.29, 0.717) is 29.9 Å². The molecule has 3 atom stereocenters. The van der Waals surface area contributed by atoms with E-state index in [1.165, 1.54) is 6.33 Å². The smallest absolute Gasteiger partial charge is 0.294 e. The number of nitrogens with two attached hydrogens (primary N) is 1. The van der Waals surface area contributed by atoms with E-state index in [9.17, 15) is 9.90 Å². The molecule has 4 N–H and O–H groups in total. The van der Waals surface area contributed by atoms with E-state index in [1.807, 2.05) is 53.6 Å². The third-order valence-electron chi connectivity index (χ3n) is 9.00. The Bertz CT molecular complexity index is 1750. The number of nitrogens with zero attached hydrogens (tertiary/aromatic N) is 7. The number of rotatable bonds is 5. The molecule has 0 spiro atoms. The van der Waals surface area contributed by atoms with Crippen LogP contribution in [0.25, 0.3) is 28.0 Å². The molecule has 2 saturated heterocycles. The van der Waals surface area contributed by atoms with Crippen LogP contribution in [0.15, 0.2) is 61.2 Å². The molecular weight excluding hydrogens is 518 g/mol. The van der Waals surface area contributed by atoms with Gasteiger partial charge in [0, 0.05) is 46.5 Å². The lowest BCUT2D eigenvalue weighted by atomic mass is 9.84. The fraction of sp³-hybridized carbons (Fsp3) is 0.333. The summed E-state index contributed by atoms with van der Waals surface area (Å²) in [4.78, 5) is 29.1. The van der Waals surface area contributed by atoms with Crippen LogP contribution in [-0.2, 0) is 5.60 Å². The van der Waals surface area contributed by atoms with Crippen LogP contribution in [0, 0.1) is 0 Å². The number of aliphatic hydroxyl groups is 1. The summed E-state index contributed by atoms with van der Waals surface area (Å²) in [5, 5.41) is 22.6. The zero-order chi connectivity index (χ0) is 27.7. The van der Waals surface area contributed by atoms with Gasteiger partial charge >= 0.3 is 0 Å². The van der Waals surface area contributed by atoms with E-state index in [-0.39, 0.29) is 29.7 Å². The number of aromatic nitrogens is 7. The number of carbonyl (C=O) groups is 1. The lowest BCUT2D eigenvalue weighted by Crippen LogP contribution is -2.46. The summed E-state index contributed by atoms with van der Waals surface area (Å²) in [7, 11) is 0. The topological polar surface area (TPSA) is 151 Å². The van der Waals surface area contributed by atoms with Gasteiger partial charge in [-0.25, -0.2) is 9.97 Å². The van der Waals surface area contributed by atoms with Gasteiger partial charge in [-0.3, -0.25) is 14.9 Å². The summed E-state index contributed by atoms with van der Waals surface area (Å²) >= 11 is 0. The fourth-order valence-electron chi connectivity index (χ4n) is 6.87. The van der Waals surface area contributed by atoms with Gasteiger partial charge < -0.3 is 15.7 Å². The van der Waals surface area contributed by atoms with E-state index in [2.05, 4.69) is 20.3 Å². The lowest BCUT2D eigenvalue weighted by molar-refractivity contribution is 0.0554. The summed E-state index contributed by atoms with van der Waals surface area (Å²) in [6.45, 7) is 0. The zero-order valence-electron chi connectivity index (χ0n) is 22.3. The molecule has 1 aliphatic carbocycles. The van der Waals surface area contributed by atoms with E-state index in [0.717, 1.165) is 53.8 Å². The maximum absolute atomic E-state index is 13.2. The second-order valence-electron chi connectivity index (χ2n) is 11.5. The van der Waals surface area contributed by atoms with E-state index in [4.69, 9.17) is 15.7 Å². The Morgan fingerprint density at radius 1 is 1.00 bits per heavy atom. The van der Waals surface area contributed by atoms with Crippen molar-refractivity contribution in [2.45, 2.75) is 62.1 Å². The molecule has 1 aromatic carbocycles. The number of anilines is 1. The number of benzene rings is 1. The Morgan fingerprint density at radius 3 is 2.44 bits per heavy atom. The third-order valence-corrected chi connectivity index (χ3v) is 9.00. The van der Waals surface area contributed by atoms with Crippen LogP contribution >= 0.6 is 0 Å². The van der Waals surface area contributed by atoms with Gasteiger partial charge in [0.1, 0.15) is 12.1 Å². The Morgan fingerprint density at radius 2 is 1.78 bits per heavy atom. The number of H-pyrrole nitrogens is 1. The summed E-state index contributed by atoms with van der Waals surface area (Å²) in [5.41, 5.74) is 11.6. The van der Waals surface area contributed by atoms with Crippen molar-refractivity contribution in [1.29, 1.82) is 0 Å². The molecule has 2 bridgehead atoms. The Balaban J connectivity index is 1.18. The highest BCUT2D eigenvalue weighted by atomic mass is 16.3. The highest BCUT2D eigenvalue weighted by Crippen LogP contribution is 2.53. The van der Waals surface area contributed by atoms with Crippen molar-refractivity contribution in [2.75, 3.05) is 5.73 Å². The maximum atomic E-state index is 13.2. The number of nitrogens with one attached hydrogen (secondary N) is 1. The molecule has 4 aromatic heterocycles. The van der Waals surface area contributed by atoms with Gasteiger partial charge in [-0.2, -0.15) is 9.61 Å². The van der Waals surface area contributed by atoms with Gasteiger partial charge in [-0.1, -0.05) is 36.4 Å². The number of hydrogen-bond donors (Lipinski definition) is 3.